The quantitative estimate of drug-likeness (QED) is 0.270. The molecule has 0 aliphatic carbocycles. The van der Waals surface area contributed by atoms with E-state index in [0.29, 0.717) is 37.6 Å². The molecule has 0 radical (unpaired) electrons. The van der Waals surface area contributed by atoms with Crippen LogP contribution in [0, 0.1) is 6.92 Å². The van der Waals surface area contributed by atoms with E-state index in [0.717, 1.165) is 33.3 Å². The fourth-order valence-electron chi connectivity index (χ4n) is 6.15. The Bertz CT molecular complexity index is 1880. The molecule has 1 unspecified atom stereocenters. The number of carboxylic acids is 1. The second-order valence-electron chi connectivity index (χ2n) is 11.7. The smallest absolute Gasteiger partial charge is 0.326 e. The average Bonchev–Trinajstić information content (AvgIpc) is 3.38. The highest BCUT2D eigenvalue weighted by atomic mass is 16.4. The summed E-state index contributed by atoms with van der Waals surface area (Å²) >= 11 is 0. The lowest BCUT2D eigenvalue weighted by Gasteiger charge is -2.35. The largest absolute Gasteiger partial charge is 0.480 e. The molecule has 1 fully saturated rings. The number of fused-ring (bicyclic) bond motifs is 1. The molecule has 0 saturated carbocycles. The number of aliphatic carboxylic acids is 1. The fourth-order valence-corrected chi connectivity index (χ4v) is 6.15. The standard InChI is InChI=1S/C36H36N6O4/c1-24-14-15-29-27(20-24)32(33(39(29)2)26-12-8-5-9-13-26)35(44)42-18-16-41(17-19-42)31-23-37-28(22-38-31)34(43)40(3)30(36(45)46)21-25-10-6-4-7-11-25/h4-15,20,22-23,30H,16-19,21H2,1-3H3,(H,45,46). The third-order valence-corrected chi connectivity index (χ3v) is 8.71. The van der Waals surface area contributed by atoms with Gasteiger partial charge in [0.15, 0.2) is 0 Å². The fraction of sp³-hybridized carbons (Fsp3) is 0.250. The topological polar surface area (TPSA) is 112 Å². The van der Waals surface area contributed by atoms with Crippen LogP contribution < -0.4 is 4.90 Å². The van der Waals surface area contributed by atoms with Crippen molar-refractivity contribution in [3.8, 4) is 11.3 Å². The van der Waals surface area contributed by atoms with Gasteiger partial charge in [-0.05, 0) is 30.2 Å². The number of amides is 2. The molecule has 0 bridgehead atoms. The summed E-state index contributed by atoms with van der Waals surface area (Å²) in [5, 5.41) is 10.8. The molecule has 234 valence electrons. The highest BCUT2D eigenvalue weighted by molar-refractivity contribution is 6.13. The molecule has 2 aromatic heterocycles. The molecule has 1 N–H and O–H groups in total. The van der Waals surface area contributed by atoms with Crippen molar-refractivity contribution in [1.82, 2.24) is 24.3 Å². The lowest BCUT2D eigenvalue weighted by Crippen LogP contribution is -2.49. The van der Waals surface area contributed by atoms with Crippen LogP contribution in [0.15, 0.2) is 91.3 Å². The van der Waals surface area contributed by atoms with Crippen molar-refractivity contribution in [2.45, 2.75) is 19.4 Å². The predicted molar refractivity (Wildman–Crippen MR) is 177 cm³/mol. The van der Waals surface area contributed by atoms with Crippen LogP contribution in [-0.4, -0.2) is 86.5 Å². The van der Waals surface area contributed by atoms with Crippen LogP contribution in [0.2, 0.25) is 0 Å². The predicted octanol–water partition coefficient (Wildman–Crippen LogP) is 4.67. The van der Waals surface area contributed by atoms with Crippen molar-refractivity contribution in [2.75, 3.05) is 38.1 Å². The molecule has 0 spiro atoms. The van der Waals surface area contributed by atoms with Crippen LogP contribution in [0.3, 0.4) is 0 Å². The van der Waals surface area contributed by atoms with Crippen molar-refractivity contribution in [3.05, 3.63) is 114 Å². The van der Waals surface area contributed by atoms with E-state index in [9.17, 15) is 19.5 Å². The Kier molecular flexibility index (Phi) is 8.52. The minimum Gasteiger partial charge on any atom is -0.480 e. The molecular formula is C36H36N6O4. The highest BCUT2D eigenvalue weighted by Crippen LogP contribution is 2.35. The first-order valence-corrected chi connectivity index (χ1v) is 15.3. The molecule has 2 amide bonds. The maximum Gasteiger partial charge on any atom is 0.326 e. The first-order valence-electron chi connectivity index (χ1n) is 15.3. The second-order valence-corrected chi connectivity index (χ2v) is 11.7. The number of aryl methyl sites for hydroxylation is 2. The Labute approximate surface area is 267 Å². The van der Waals surface area contributed by atoms with Crippen molar-refractivity contribution in [2.24, 2.45) is 7.05 Å². The summed E-state index contributed by atoms with van der Waals surface area (Å²) in [4.78, 5) is 53.3. The molecule has 5 aromatic rings. The minimum absolute atomic E-state index is 0.00624. The average molecular weight is 617 g/mol. The minimum atomic E-state index is -1.09. The Morgan fingerprint density at radius 2 is 1.57 bits per heavy atom. The van der Waals surface area contributed by atoms with E-state index in [1.165, 1.54) is 24.3 Å². The molecule has 1 saturated heterocycles. The lowest BCUT2D eigenvalue weighted by atomic mass is 10.0. The van der Waals surface area contributed by atoms with E-state index in [4.69, 9.17) is 0 Å². The Hall–Kier alpha value is -5.51. The molecule has 6 rings (SSSR count). The number of likely N-dealkylation sites (N-methyl/N-ethyl adjacent to an activating group) is 1. The number of hydrogen-bond acceptors (Lipinski definition) is 6. The van der Waals surface area contributed by atoms with Crippen LogP contribution >= 0.6 is 0 Å². The summed E-state index contributed by atoms with van der Waals surface area (Å²) in [5.41, 5.74) is 5.60. The number of carbonyl (C=O) groups excluding carboxylic acids is 2. The van der Waals surface area contributed by atoms with Gasteiger partial charge < -0.3 is 24.4 Å². The monoisotopic (exact) mass is 616 g/mol. The van der Waals surface area contributed by atoms with E-state index >= 15 is 0 Å². The Balaban J connectivity index is 1.16. The zero-order valence-electron chi connectivity index (χ0n) is 26.1. The summed E-state index contributed by atoms with van der Waals surface area (Å²) < 4.78 is 2.10. The molecule has 10 heteroatoms. The number of nitrogens with zero attached hydrogens (tertiary/aromatic N) is 6. The zero-order valence-corrected chi connectivity index (χ0v) is 26.1. The van der Waals surface area contributed by atoms with Crippen molar-refractivity contribution >= 4 is 34.5 Å². The van der Waals surface area contributed by atoms with Gasteiger partial charge in [-0.3, -0.25) is 9.59 Å². The van der Waals surface area contributed by atoms with Gasteiger partial charge in [0.2, 0.25) is 0 Å². The van der Waals surface area contributed by atoms with Crippen molar-refractivity contribution in [3.63, 3.8) is 0 Å². The third-order valence-electron chi connectivity index (χ3n) is 8.71. The number of benzene rings is 3. The number of hydrogen-bond donors (Lipinski definition) is 1. The highest BCUT2D eigenvalue weighted by Gasteiger charge is 2.31. The number of piperazine rings is 1. The number of carbonyl (C=O) groups is 3. The first kappa shape index (κ1) is 30.5. The van der Waals surface area contributed by atoms with Crippen LogP contribution in [0.5, 0.6) is 0 Å². The Morgan fingerprint density at radius 1 is 0.891 bits per heavy atom. The van der Waals surface area contributed by atoms with Gasteiger partial charge in [-0.15, -0.1) is 0 Å². The number of anilines is 1. The molecule has 3 heterocycles. The lowest BCUT2D eigenvalue weighted by molar-refractivity contribution is -0.141. The molecule has 1 atom stereocenters. The number of rotatable bonds is 8. The third kappa shape index (κ3) is 5.93. The van der Waals surface area contributed by atoms with Gasteiger partial charge in [-0.25, -0.2) is 14.8 Å². The molecule has 1 aliphatic rings. The van der Waals surface area contributed by atoms with Gasteiger partial charge in [0.05, 0.1) is 23.7 Å². The summed E-state index contributed by atoms with van der Waals surface area (Å²) in [6.45, 7) is 4.14. The van der Waals surface area contributed by atoms with Crippen LogP contribution in [0.4, 0.5) is 5.82 Å². The van der Waals surface area contributed by atoms with Crippen molar-refractivity contribution < 1.29 is 19.5 Å². The molecule has 3 aromatic carbocycles. The first-order chi connectivity index (χ1) is 22.2. The van der Waals surface area contributed by atoms with E-state index in [1.54, 1.807) is 0 Å². The van der Waals surface area contributed by atoms with Gasteiger partial charge in [-0.2, -0.15) is 0 Å². The maximum atomic E-state index is 14.2. The van der Waals surface area contributed by atoms with Gasteiger partial charge >= 0.3 is 5.97 Å². The summed E-state index contributed by atoms with van der Waals surface area (Å²) in [7, 11) is 3.47. The SMILES string of the molecule is Cc1ccc2c(c1)c(C(=O)N1CCN(c3cnc(C(=O)N(C)C(Cc4ccccc4)C(=O)O)cn3)CC1)c(-c1ccccc1)n2C. The van der Waals surface area contributed by atoms with E-state index in [1.807, 2.05) is 84.4 Å². The second kappa shape index (κ2) is 12.8. The molecule has 10 nitrogen and oxygen atoms in total. The van der Waals surface area contributed by atoms with E-state index < -0.39 is 17.9 Å². The van der Waals surface area contributed by atoms with Gasteiger partial charge in [0.25, 0.3) is 11.8 Å². The number of aromatic nitrogens is 3. The van der Waals surface area contributed by atoms with Crippen LogP contribution in [0.1, 0.15) is 32.0 Å². The van der Waals surface area contributed by atoms with Crippen molar-refractivity contribution in [1.29, 1.82) is 0 Å². The van der Waals surface area contributed by atoms with Crippen LogP contribution in [0.25, 0.3) is 22.2 Å². The molecular weight excluding hydrogens is 580 g/mol. The Morgan fingerprint density at radius 3 is 2.20 bits per heavy atom. The van der Waals surface area contributed by atoms with E-state index in [2.05, 4.69) is 32.7 Å². The summed E-state index contributed by atoms with van der Waals surface area (Å²) in [6, 6.07) is 24.4. The van der Waals surface area contributed by atoms with Gasteiger partial charge in [0, 0.05) is 57.6 Å². The summed E-state index contributed by atoms with van der Waals surface area (Å²) in [6.07, 6.45) is 3.10. The molecule has 1 aliphatic heterocycles. The zero-order chi connectivity index (χ0) is 32.4. The normalized spacial score (nSPS) is 13.9. The van der Waals surface area contributed by atoms with Gasteiger partial charge in [0.1, 0.15) is 17.6 Å². The molecule has 46 heavy (non-hydrogen) atoms. The van der Waals surface area contributed by atoms with E-state index in [-0.39, 0.29) is 18.0 Å². The van der Waals surface area contributed by atoms with Crippen LogP contribution in [-0.2, 0) is 18.3 Å². The van der Waals surface area contributed by atoms with Gasteiger partial charge in [-0.1, -0.05) is 72.3 Å². The summed E-state index contributed by atoms with van der Waals surface area (Å²) in [5.74, 6) is -1.02. The maximum absolute atomic E-state index is 14.2. The number of carboxylic acid groups (broad SMARTS) is 1.